The summed E-state index contributed by atoms with van der Waals surface area (Å²) >= 11 is 5.64. The Bertz CT molecular complexity index is 444. The molecule has 0 aliphatic rings. The van der Waals surface area contributed by atoms with E-state index in [1.165, 1.54) is 0 Å². The summed E-state index contributed by atoms with van der Waals surface area (Å²) in [7, 11) is 0. The summed E-state index contributed by atoms with van der Waals surface area (Å²) in [4.78, 5) is 0. The minimum absolute atomic E-state index is 0.0586. The lowest BCUT2D eigenvalue weighted by atomic mass is 10.1. The zero-order valence-corrected chi connectivity index (χ0v) is 9.56. The molecule has 0 aliphatic carbocycles. The number of benzene rings is 1. The maximum Gasteiger partial charge on any atom is 0.234 e. The van der Waals surface area contributed by atoms with Crippen molar-refractivity contribution in [2.24, 2.45) is 0 Å². The van der Waals surface area contributed by atoms with Gasteiger partial charge in [0.2, 0.25) is 5.88 Å². The number of halogens is 1. The Labute approximate surface area is 99.0 Å². The van der Waals surface area contributed by atoms with E-state index >= 15 is 0 Å². The van der Waals surface area contributed by atoms with Crippen molar-refractivity contribution in [1.29, 1.82) is 0 Å². The fourth-order valence-corrected chi connectivity index (χ4v) is 1.44. The number of rotatable bonds is 3. The van der Waals surface area contributed by atoms with Crippen LogP contribution >= 0.6 is 11.6 Å². The van der Waals surface area contributed by atoms with Gasteiger partial charge in [-0.05, 0) is 18.6 Å². The first-order valence-electron chi connectivity index (χ1n) is 4.96. The van der Waals surface area contributed by atoms with Gasteiger partial charge in [0.05, 0.1) is 0 Å². The van der Waals surface area contributed by atoms with Gasteiger partial charge in [0.15, 0.2) is 5.15 Å². The molecule has 1 aromatic heterocycles. The largest absolute Gasteiger partial charge is 0.469 e. The van der Waals surface area contributed by atoms with Gasteiger partial charge in [-0.15, -0.1) is 10.2 Å². The molecule has 0 saturated heterocycles. The molecule has 16 heavy (non-hydrogen) atoms. The van der Waals surface area contributed by atoms with Gasteiger partial charge in [0.25, 0.3) is 0 Å². The van der Waals surface area contributed by atoms with E-state index < -0.39 is 0 Å². The van der Waals surface area contributed by atoms with E-state index in [2.05, 4.69) is 10.2 Å². The zero-order valence-electron chi connectivity index (χ0n) is 8.80. The standard InChI is InChI=1S/C12H11ClN2O/c1-9(10-5-3-2-4-6-10)16-12-8-7-11(13)14-15-12/h2-9H,1H3. The minimum atomic E-state index is -0.0586. The predicted molar refractivity (Wildman–Crippen MR) is 62.5 cm³/mol. The highest BCUT2D eigenvalue weighted by atomic mass is 35.5. The highest BCUT2D eigenvalue weighted by Gasteiger charge is 2.07. The van der Waals surface area contributed by atoms with Crippen LogP contribution in [-0.2, 0) is 0 Å². The summed E-state index contributed by atoms with van der Waals surface area (Å²) in [5.74, 6) is 0.473. The molecule has 0 spiro atoms. The molecule has 1 aromatic carbocycles. The lowest BCUT2D eigenvalue weighted by molar-refractivity contribution is 0.215. The van der Waals surface area contributed by atoms with Gasteiger partial charge in [-0.25, -0.2) is 0 Å². The summed E-state index contributed by atoms with van der Waals surface area (Å²) in [6, 6.07) is 13.3. The monoisotopic (exact) mass is 234 g/mol. The van der Waals surface area contributed by atoms with E-state index in [-0.39, 0.29) is 6.10 Å². The normalized spacial score (nSPS) is 12.1. The molecule has 0 radical (unpaired) electrons. The van der Waals surface area contributed by atoms with E-state index in [9.17, 15) is 0 Å². The van der Waals surface area contributed by atoms with Crippen LogP contribution < -0.4 is 4.74 Å². The van der Waals surface area contributed by atoms with Gasteiger partial charge in [-0.1, -0.05) is 41.9 Å². The molecule has 0 fully saturated rings. The van der Waals surface area contributed by atoms with Crippen molar-refractivity contribution in [3.63, 3.8) is 0 Å². The first kappa shape index (κ1) is 10.9. The molecule has 2 aromatic rings. The summed E-state index contributed by atoms with van der Waals surface area (Å²) in [6.45, 7) is 1.96. The fourth-order valence-electron chi connectivity index (χ4n) is 1.34. The second-order valence-electron chi connectivity index (χ2n) is 3.37. The topological polar surface area (TPSA) is 35.0 Å². The lowest BCUT2D eigenvalue weighted by Crippen LogP contribution is -2.04. The quantitative estimate of drug-likeness (QED) is 0.818. The second-order valence-corrected chi connectivity index (χ2v) is 3.75. The third-order valence-corrected chi connectivity index (χ3v) is 2.38. The predicted octanol–water partition coefficient (Wildman–Crippen LogP) is 3.27. The Morgan fingerprint density at radius 3 is 2.44 bits per heavy atom. The van der Waals surface area contributed by atoms with Gasteiger partial charge < -0.3 is 4.74 Å². The van der Waals surface area contributed by atoms with Crippen molar-refractivity contribution in [3.8, 4) is 5.88 Å². The van der Waals surface area contributed by atoms with E-state index in [1.54, 1.807) is 12.1 Å². The average molecular weight is 235 g/mol. The molecule has 0 amide bonds. The fraction of sp³-hybridized carbons (Fsp3) is 0.167. The van der Waals surface area contributed by atoms with Crippen LogP contribution in [0.5, 0.6) is 5.88 Å². The molecule has 2 rings (SSSR count). The molecule has 0 bridgehead atoms. The van der Waals surface area contributed by atoms with Crippen molar-refractivity contribution in [1.82, 2.24) is 10.2 Å². The summed E-state index contributed by atoms with van der Waals surface area (Å²) in [5, 5.41) is 7.92. The molecule has 0 aliphatic heterocycles. The Morgan fingerprint density at radius 2 is 1.81 bits per heavy atom. The van der Waals surface area contributed by atoms with Crippen LogP contribution in [0.3, 0.4) is 0 Å². The van der Waals surface area contributed by atoms with Crippen LogP contribution in [0.2, 0.25) is 5.15 Å². The highest BCUT2D eigenvalue weighted by Crippen LogP contribution is 2.19. The number of hydrogen-bond donors (Lipinski definition) is 0. The zero-order chi connectivity index (χ0) is 11.4. The van der Waals surface area contributed by atoms with Crippen LogP contribution in [0, 0.1) is 0 Å². The molecule has 4 heteroatoms. The van der Waals surface area contributed by atoms with Gasteiger partial charge in [-0.3, -0.25) is 0 Å². The Balaban J connectivity index is 2.08. The van der Waals surface area contributed by atoms with Gasteiger partial charge >= 0.3 is 0 Å². The van der Waals surface area contributed by atoms with Crippen molar-refractivity contribution in [2.45, 2.75) is 13.0 Å². The number of ether oxygens (including phenoxy) is 1. The number of nitrogens with zero attached hydrogens (tertiary/aromatic N) is 2. The van der Waals surface area contributed by atoms with Crippen LogP contribution in [0.1, 0.15) is 18.6 Å². The summed E-state index contributed by atoms with van der Waals surface area (Å²) in [5.41, 5.74) is 1.10. The SMILES string of the molecule is CC(Oc1ccc(Cl)nn1)c1ccccc1. The van der Waals surface area contributed by atoms with Crippen LogP contribution in [0.4, 0.5) is 0 Å². The smallest absolute Gasteiger partial charge is 0.234 e. The first-order chi connectivity index (χ1) is 7.75. The lowest BCUT2D eigenvalue weighted by Gasteiger charge is -2.13. The molecule has 82 valence electrons. The summed E-state index contributed by atoms with van der Waals surface area (Å²) < 4.78 is 5.62. The third-order valence-electron chi connectivity index (χ3n) is 2.17. The van der Waals surface area contributed by atoms with Gasteiger partial charge in [0.1, 0.15) is 6.10 Å². The van der Waals surface area contributed by atoms with Gasteiger partial charge in [-0.2, -0.15) is 0 Å². The first-order valence-corrected chi connectivity index (χ1v) is 5.34. The molecule has 0 N–H and O–H groups in total. The molecule has 1 heterocycles. The van der Waals surface area contributed by atoms with Crippen molar-refractivity contribution < 1.29 is 4.74 Å². The van der Waals surface area contributed by atoms with E-state index in [4.69, 9.17) is 16.3 Å². The molecule has 1 atom stereocenters. The van der Waals surface area contributed by atoms with Gasteiger partial charge in [0, 0.05) is 6.07 Å². The third kappa shape index (κ3) is 2.70. The molecule has 3 nitrogen and oxygen atoms in total. The number of aromatic nitrogens is 2. The molecular weight excluding hydrogens is 224 g/mol. The van der Waals surface area contributed by atoms with Crippen LogP contribution in [0.15, 0.2) is 42.5 Å². The number of hydrogen-bond acceptors (Lipinski definition) is 3. The Hall–Kier alpha value is -1.61. The van der Waals surface area contributed by atoms with E-state index in [0.717, 1.165) is 5.56 Å². The van der Waals surface area contributed by atoms with Crippen molar-refractivity contribution in [3.05, 3.63) is 53.2 Å². The van der Waals surface area contributed by atoms with E-state index in [1.807, 2.05) is 37.3 Å². The molecular formula is C12H11ClN2O. The maximum atomic E-state index is 5.64. The molecule has 1 unspecified atom stereocenters. The highest BCUT2D eigenvalue weighted by molar-refractivity contribution is 6.29. The van der Waals surface area contributed by atoms with Crippen LogP contribution in [-0.4, -0.2) is 10.2 Å². The Kier molecular flexibility index (Phi) is 3.37. The maximum absolute atomic E-state index is 5.64. The molecule has 0 saturated carbocycles. The van der Waals surface area contributed by atoms with Crippen LogP contribution in [0.25, 0.3) is 0 Å². The average Bonchev–Trinajstić information content (AvgIpc) is 2.33. The van der Waals surface area contributed by atoms with E-state index in [0.29, 0.717) is 11.0 Å². The Morgan fingerprint density at radius 1 is 1.06 bits per heavy atom. The van der Waals surface area contributed by atoms with Crippen molar-refractivity contribution in [2.75, 3.05) is 0 Å². The summed E-state index contributed by atoms with van der Waals surface area (Å²) in [6.07, 6.45) is -0.0586. The van der Waals surface area contributed by atoms with Crippen molar-refractivity contribution >= 4 is 11.6 Å². The minimum Gasteiger partial charge on any atom is -0.469 e. The second kappa shape index (κ2) is 4.94.